The second-order valence-corrected chi connectivity index (χ2v) is 8.06. The van der Waals surface area contributed by atoms with Crippen molar-refractivity contribution in [2.45, 2.75) is 53.4 Å². The van der Waals surface area contributed by atoms with Crippen LogP contribution in [0.25, 0.3) is 5.13 Å². The Hall–Kier alpha value is -2.47. The molecule has 2 aromatic heterocycles. The van der Waals surface area contributed by atoms with E-state index >= 15 is 0 Å². The van der Waals surface area contributed by atoms with Crippen LogP contribution in [0.1, 0.15) is 53.5 Å². The number of aryl methyl sites for hydroxylation is 2. The Labute approximate surface area is 170 Å². The van der Waals surface area contributed by atoms with Gasteiger partial charge in [0.1, 0.15) is 0 Å². The van der Waals surface area contributed by atoms with Crippen LogP contribution < -0.4 is 5.32 Å². The van der Waals surface area contributed by atoms with E-state index in [1.807, 2.05) is 17.0 Å². The average Bonchev–Trinajstić information content (AvgIpc) is 3.23. The van der Waals surface area contributed by atoms with Crippen LogP contribution in [-0.2, 0) is 17.6 Å². The smallest absolute Gasteiger partial charge is 0.226 e. The zero-order chi connectivity index (χ0) is 20.1. The molecule has 0 bridgehead atoms. The number of carbonyl (C=O) groups excluding carboxylic acids is 1. The first-order valence-electron chi connectivity index (χ1n) is 9.80. The molecule has 5 nitrogen and oxygen atoms in total. The number of hydrogen-bond acceptors (Lipinski definition) is 4. The SMILES string of the molecule is CCCCNC(=O)Cc1csc(-n2nc(C)c(Cc3ccc(C)cc3)c2C)n1. The van der Waals surface area contributed by atoms with Crippen molar-refractivity contribution in [1.29, 1.82) is 0 Å². The molecule has 1 amide bonds. The quantitative estimate of drug-likeness (QED) is 0.578. The van der Waals surface area contributed by atoms with Crippen molar-refractivity contribution in [3.8, 4) is 5.13 Å². The van der Waals surface area contributed by atoms with Gasteiger partial charge in [-0.25, -0.2) is 9.67 Å². The van der Waals surface area contributed by atoms with Crippen molar-refractivity contribution >= 4 is 17.2 Å². The summed E-state index contributed by atoms with van der Waals surface area (Å²) in [5.41, 5.74) is 6.69. The Morgan fingerprint density at radius 3 is 2.64 bits per heavy atom. The van der Waals surface area contributed by atoms with E-state index in [0.717, 1.165) is 48.0 Å². The number of carbonyl (C=O) groups is 1. The number of nitrogens with one attached hydrogen (secondary N) is 1. The first-order chi connectivity index (χ1) is 13.5. The highest BCUT2D eigenvalue weighted by atomic mass is 32.1. The fraction of sp³-hybridized carbons (Fsp3) is 0.409. The minimum absolute atomic E-state index is 0.0266. The molecule has 3 aromatic rings. The molecule has 0 aliphatic rings. The van der Waals surface area contributed by atoms with Crippen LogP contribution in [0.15, 0.2) is 29.6 Å². The lowest BCUT2D eigenvalue weighted by Gasteiger charge is -2.04. The van der Waals surface area contributed by atoms with Crippen molar-refractivity contribution in [2.75, 3.05) is 6.54 Å². The van der Waals surface area contributed by atoms with E-state index in [2.05, 4.69) is 55.3 Å². The molecule has 0 aliphatic heterocycles. The number of aromatic nitrogens is 3. The lowest BCUT2D eigenvalue weighted by Crippen LogP contribution is -2.26. The number of unbranched alkanes of at least 4 members (excludes halogenated alkanes) is 1. The van der Waals surface area contributed by atoms with Crippen molar-refractivity contribution in [1.82, 2.24) is 20.1 Å². The minimum Gasteiger partial charge on any atom is -0.356 e. The molecule has 0 spiro atoms. The maximum atomic E-state index is 12.0. The first-order valence-corrected chi connectivity index (χ1v) is 10.7. The number of thiazole rings is 1. The third-order valence-corrected chi connectivity index (χ3v) is 5.72. The van der Waals surface area contributed by atoms with Gasteiger partial charge in [0.2, 0.25) is 11.0 Å². The Morgan fingerprint density at radius 1 is 1.18 bits per heavy atom. The number of benzene rings is 1. The second-order valence-electron chi connectivity index (χ2n) is 7.23. The van der Waals surface area contributed by atoms with Crippen molar-refractivity contribution in [3.05, 3.63) is 63.4 Å². The predicted octanol–water partition coefficient (Wildman–Crippen LogP) is 4.30. The molecule has 0 saturated heterocycles. The lowest BCUT2D eigenvalue weighted by molar-refractivity contribution is -0.120. The molecule has 3 rings (SSSR count). The van der Waals surface area contributed by atoms with E-state index in [9.17, 15) is 4.79 Å². The molecule has 0 atom stereocenters. The summed E-state index contributed by atoms with van der Waals surface area (Å²) in [5.74, 6) is 0.0266. The van der Waals surface area contributed by atoms with Gasteiger partial charge in [-0.3, -0.25) is 4.79 Å². The van der Waals surface area contributed by atoms with Crippen LogP contribution in [0.2, 0.25) is 0 Å². The Morgan fingerprint density at radius 2 is 1.93 bits per heavy atom. The fourth-order valence-electron chi connectivity index (χ4n) is 3.13. The van der Waals surface area contributed by atoms with Crippen molar-refractivity contribution in [2.24, 2.45) is 0 Å². The van der Waals surface area contributed by atoms with Crippen LogP contribution in [-0.4, -0.2) is 27.2 Å². The molecule has 148 valence electrons. The van der Waals surface area contributed by atoms with Gasteiger partial charge in [-0.1, -0.05) is 43.2 Å². The van der Waals surface area contributed by atoms with E-state index < -0.39 is 0 Å². The number of amides is 1. The summed E-state index contributed by atoms with van der Waals surface area (Å²) in [5, 5.41) is 10.4. The summed E-state index contributed by atoms with van der Waals surface area (Å²) in [7, 11) is 0. The maximum absolute atomic E-state index is 12.0. The van der Waals surface area contributed by atoms with Crippen LogP contribution in [0.3, 0.4) is 0 Å². The third kappa shape index (κ3) is 4.87. The molecule has 0 saturated carbocycles. The van der Waals surface area contributed by atoms with E-state index in [1.54, 1.807) is 0 Å². The van der Waals surface area contributed by atoms with Gasteiger partial charge in [0.05, 0.1) is 17.8 Å². The summed E-state index contributed by atoms with van der Waals surface area (Å²) in [6, 6.07) is 8.63. The average molecular weight is 397 g/mol. The molecule has 1 aromatic carbocycles. The number of hydrogen-bond donors (Lipinski definition) is 1. The molecule has 28 heavy (non-hydrogen) atoms. The minimum atomic E-state index is 0.0266. The van der Waals surface area contributed by atoms with Gasteiger partial charge in [-0.05, 0) is 32.8 Å². The molecule has 0 aliphatic carbocycles. The normalized spacial score (nSPS) is 11.0. The molecule has 0 radical (unpaired) electrons. The van der Waals surface area contributed by atoms with Gasteiger partial charge < -0.3 is 5.32 Å². The standard InChI is InChI=1S/C22H28N4OS/c1-5-6-11-23-21(27)13-19-14-28-22(24-19)26-17(4)20(16(3)25-26)12-18-9-7-15(2)8-10-18/h7-10,14H,5-6,11-13H2,1-4H3,(H,23,27). The van der Waals surface area contributed by atoms with Gasteiger partial charge in [0.15, 0.2) is 0 Å². The van der Waals surface area contributed by atoms with Crippen LogP contribution in [0.4, 0.5) is 0 Å². The highest BCUT2D eigenvalue weighted by Crippen LogP contribution is 2.23. The molecule has 0 unspecified atom stereocenters. The van der Waals surface area contributed by atoms with Crippen LogP contribution in [0.5, 0.6) is 0 Å². The predicted molar refractivity (Wildman–Crippen MR) is 114 cm³/mol. The maximum Gasteiger partial charge on any atom is 0.226 e. The third-order valence-electron chi connectivity index (χ3n) is 4.86. The van der Waals surface area contributed by atoms with Crippen LogP contribution in [0, 0.1) is 20.8 Å². The van der Waals surface area contributed by atoms with Crippen molar-refractivity contribution in [3.63, 3.8) is 0 Å². The van der Waals surface area contributed by atoms with Crippen LogP contribution >= 0.6 is 11.3 Å². The van der Waals surface area contributed by atoms with Crippen molar-refractivity contribution < 1.29 is 4.79 Å². The van der Waals surface area contributed by atoms with Gasteiger partial charge in [-0.15, -0.1) is 11.3 Å². The monoisotopic (exact) mass is 396 g/mol. The summed E-state index contributed by atoms with van der Waals surface area (Å²) in [6.07, 6.45) is 3.25. The summed E-state index contributed by atoms with van der Waals surface area (Å²) in [6.45, 7) is 9.07. The number of nitrogens with zero attached hydrogens (tertiary/aromatic N) is 3. The molecular formula is C22H28N4OS. The Balaban J connectivity index is 1.73. The fourth-order valence-corrected chi connectivity index (χ4v) is 3.96. The summed E-state index contributed by atoms with van der Waals surface area (Å²) in [4.78, 5) is 16.7. The molecule has 0 fully saturated rings. The van der Waals surface area contributed by atoms with Gasteiger partial charge in [-0.2, -0.15) is 5.10 Å². The van der Waals surface area contributed by atoms with E-state index in [-0.39, 0.29) is 5.91 Å². The van der Waals surface area contributed by atoms with E-state index in [1.165, 1.54) is 28.0 Å². The molecule has 6 heteroatoms. The van der Waals surface area contributed by atoms with Gasteiger partial charge >= 0.3 is 0 Å². The summed E-state index contributed by atoms with van der Waals surface area (Å²) < 4.78 is 1.90. The molecule has 1 N–H and O–H groups in total. The molecular weight excluding hydrogens is 368 g/mol. The zero-order valence-corrected chi connectivity index (χ0v) is 17.9. The first kappa shape index (κ1) is 20.3. The Bertz CT molecular complexity index is 940. The molecule has 2 heterocycles. The largest absolute Gasteiger partial charge is 0.356 e. The van der Waals surface area contributed by atoms with Gasteiger partial charge in [0, 0.05) is 29.6 Å². The van der Waals surface area contributed by atoms with E-state index in [4.69, 9.17) is 5.10 Å². The lowest BCUT2D eigenvalue weighted by atomic mass is 10.0. The second kappa shape index (κ2) is 9.15. The highest BCUT2D eigenvalue weighted by molar-refractivity contribution is 7.12. The highest BCUT2D eigenvalue weighted by Gasteiger charge is 2.16. The summed E-state index contributed by atoms with van der Waals surface area (Å²) >= 11 is 1.53. The topological polar surface area (TPSA) is 59.8 Å². The Kier molecular flexibility index (Phi) is 6.62. The van der Waals surface area contributed by atoms with E-state index in [0.29, 0.717) is 6.42 Å². The number of rotatable bonds is 8. The van der Waals surface area contributed by atoms with Gasteiger partial charge in [0.25, 0.3) is 0 Å². The zero-order valence-electron chi connectivity index (χ0n) is 17.1.